The number of nitrogens with zero attached hydrogens (tertiary/aromatic N) is 1. The van der Waals surface area contributed by atoms with Gasteiger partial charge in [-0.1, -0.05) is 12.1 Å². The Hall–Kier alpha value is -1.69. The minimum atomic E-state index is -2.57. The first-order chi connectivity index (χ1) is 9.37. The van der Waals surface area contributed by atoms with E-state index in [1.165, 1.54) is 0 Å². The Morgan fingerprint density at radius 2 is 1.80 bits per heavy atom. The molecule has 2 rings (SSSR count). The van der Waals surface area contributed by atoms with Crippen molar-refractivity contribution in [1.29, 1.82) is 0 Å². The SMILES string of the molecule is O=C(O)C(O)Cc1ccc(N2CCC(F)(F)CC2)cc1. The monoisotopic (exact) mass is 285 g/mol. The van der Waals surface area contributed by atoms with Crippen LogP contribution in [0.2, 0.25) is 0 Å². The molecule has 110 valence electrons. The number of piperidine rings is 1. The van der Waals surface area contributed by atoms with Crippen LogP contribution in [0.25, 0.3) is 0 Å². The van der Waals surface area contributed by atoms with Crippen LogP contribution in [0.15, 0.2) is 24.3 Å². The lowest BCUT2D eigenvalue weighted by Gasteiger charge is -2.33. The molecule has 0 spiro atoms. The molecule has 20 heavy (non-hydrogen) atoms. The molecule has 2 N–H and O–H groups in total. The summed E-state index contributed by atoms with van der Waals surface area (Å²) in [6.45, 7) is 0.619. The average Bonchev–Trinajstić information content (AvgIpc) is 2.39. The number of anilines is 1. The van der Waals surface area contributed by atoms with Crippen LogP contribution in [0.5, 0.6) is 0 Å². The van der Waals surface area contributed by atoms with E-state index in [9.17, 15) is 18.7 Å². The maximum absolute atomic E-state index is 13.1. The topological polar surface area (TPSA) is 60.8 Å². The summed E-state index contributed by atoms with van der Waals surface area (Å²) in [6, 6.07) is 6.98. The van der Waals surface area contributed by atoms with Gasteiger partial charge in [-0.15, -0.1) is 0 Å². The Kier molecular flexibility index (Phi) is 4.23. The van der Waals surface area contributed by atoms with Gasteiger partial charge in [0, 0.05) is 38.0 Å². The molecule has 1 saturated heterocycles. The van der Waals surface area contributed by atoms with Crippen molar-refractivity contribution in [3.05, 3.63) is 29.8 Å². The molecular formula is C14H17F2NO3. The van der Waals surface area contributed by atoms with Crippen LogP contribution in [-0.2, 0) is 11.2 Å². The quantitative estimate of drug-likeness (QED) is 0.887. The van der Waals surface area contributed by atoms with E-state index in [2.05, 4.69) is 0 Å². The number of aliphatic carboxylic acids is 1. The van der Waals surface area contributed by atoms with Crippen molar-refractivity contribution in [2.45, 2.75) is 31.3 Å². The molecule has 0 aromatic heterocycles. The highest BCUT2D eigenvalue weighted by Crippen LogP contribution is 2.30. The largest absolute Gasteiger partial charge is 0.479 e. The molecule has 0 aliphatic carbocycles. The van der Waals surface area contributed by atoms with Crippen molar-refractivity contribution in [3.63, 3.8) is 0 Å². The van der Waals surface area contributed by atoms with Gasteiger partial charge in [-0.2, -0.15) is 0 Å². The summed E-state index contributed by atoms with van der Waals surface area (Å²) in [6.07, 6.45) is -1.68. The van der Waals surface area contributed by atoms with Crippen molar-refractivity contribution >= 4 is 11.7 Å². The number of hydrogen-bond donors (Lipinski definition) is 2. The normalized spacial score (nSPS) is 19.6. The highest BCUT2D eigenvalue weighted by molar-refractivity contribution is 5.72. The number of hydrogen-bond acceptors (Lipinski definition) is 3. The summed E-state index contributed by atoms with van der Waals surface area (Å²) < 4.78 is 26.1. The summed E-state index contributed by atoms with van der Waals surface area (Å²) in [5.74, 6) is -3.82. The molecule has 1 heterocycles. The Morgan fingerprint density at radius 3 is 2.30 bits per heavy atom. The van der Waals surface area contributed by atoms with Gasteiger partial charge in [-0.25, -0.2) is 13.6 Å². The second-order valence-corrected chi connectivity index (χ2v) is 5.07. The first kappa shape index (κ1) is 14.7. The van der Waals surface area contributed by atoms with Crippen LogP contribution in [-0.4, -0.2) is 41.3 Å². The van der Waals surface area contributed by atoms with Crippen LogP contribution in [0.1, 0.15) is 18.4 Å². The molecule has 1 aromatic carbocycles. The predicted octanol–water partition coefficient (Wildman–Crippen LogP) is 1.91. The van der Waals surface area contributed by atoms with E-state index in [0.717, 1.165) is 5.69 Å². The van der Waals surface area contributed by atoms with Gasteiger partial charge in [0.1, 0.15) is 0 Å². The minimum Gasteiger partial charge on any atom is -0.479 e. The lowest BCUT2D eigenvalue weighted by molar-refractivity contribution is -0.146. The maximum atomic E-state index is 13.1. The third kappa shape index (κ3) is 3.66. The van der Waals surface area contributed by atoms with E-state index in [1.54, 1.807) is 24.3 Å². The molecule has 0 saturated carbocycles. The van der Waals surface area contributed by atoms with Crippen LogP contribution in [0.4, 0.5) is 14.5 Å². The van der Waals surface area contributed by atoms with Gasteiger partial charge in [0.15, 0.2) is 6.10 Å². The van der Waals surface area contributed by atoms with Crippen molar-refractivity contribution in [2.24, 2.45) is 0 Å². The summed E-state index contributed by atoms with van der Waals surface area (Å²) in [5, 5.41) is 17.9. The number of carboxylic acids is 1. The smallest absolute Gasteiger partial charge is 0.332 e. The number of carbonyl (C=O) groups is 1. The first-order valence-electron chi connectivity index (χ1n) is 6.50. The molecule has 0 amide bonds. The Labute approximate surface area is 115 Å². The standard InChI is InChI=1S/C14H17F2NO3/c15-14(16)5-7-17(8-6-14)11-3-1-10(2-4-11)9-12(18)13(19)20/h1-4,12,18H,5-9H2,(H,19,20). The fourth-order valence-electron chi connectivity index (χ4n) is 2.25. The van der Waals surface area contributed by atoms with Gasteiger partial charge in [-0.05, 0) is 17.7 Å². The van der Waals surface area contributed by atoms with Gasteiger partial charge in [0.2, 0.25) is 0 Å². The van der Waals surface area contributed by atoms with Gasteiger partial charge in [-0.3, -0.25) is 0 Å². The van der Waals surface area contributed by atoms with Gasteiger partial charge >= 0.3 is 5.97 Å². The summed E-state index contributed by atoms with van der Waals surface area (Å²) >= 11 is 0. The Morgan fingerprint density at radius 1 is 1.25 bits per heavy atom. The fraction of sp³-hybridized carbons (Fsp3) is 0.500. The number of aliphatic hydroxyl groups is 1. The van der Waals surface area contributed by atoms with E-state index in [1.807, 2.05) is 4.90 Å². The van der Waals surface area contributed by atoms with E-state index in [-0.39, 0.29) is 19.3 Å². The van der Waals surface area contributed by atoms with E-state index >= 15 is 0 Å². The number of aliphatic hydroxyl groups excluding tert-OH is 1. The predicted molar refractivity (Wildman–Crippen MR) is 70.2 cm³/mol. The lowest BCUT2D eigenvalue weighted by atomic mass is 10.0. The zero-order valence-corrected chi connectivity index (χ0v) is 10.9. The lowest BCUT2D eigenvalue weighted by Crippen LogP contribution is -2.39. The van der Waals surface area contributed by atoms with Crippen molar-refractivity contribution in [2.75, 3.05) is 18.0 Å². The zero-order chi connectivity index (χ0) is 14.8. The third-order valence-corrected chi connectivity index (χ3v) is 3.51. The third-order valence-electron chi connectivity index (χ3n) is 3.51. The van der Waals surface area contributed by atoms with Crippen molar-refractivity contribution in [3.8, 4) is 0 Å². The molecule has 0 bridgehead atoms. The molecule has 0 radical (unpaired) electrons. The first-order valence-corrected chi connectivity index (χ1v) is 6.50. The van der Waals surface area contributed by atoms with E-state index in [0.29, 0.717) is 18.7 Å². The molecule has 1 unspecified atom stereocenters. The van der Waals surface area contributed by atoms with Crippen LogP contribution in [0, 0.1) is 0 Å². The molecule has 1 aliphatic heterocycles. The van der Waals surface area contributed by atoms with Crippen LogP contribution >= 0.6 is 0 Å². The highest BCUT2D eigenvalue weighted by atomic mass is 19.3. The Bertz CT molecular complexity index is 466. The highest BCUT2D eigenvalue weighted by Gasteiger charge is 2.33. The number of rotatable bonds is 4. The summed E-state index contributed by atoms with van der Waals surface area (Å²) in [7, 11) is 0. The average molecular weight is 285 g/mol. The minimum absolute atomic E-state index is 0.0354. The van der Waals surface area contributed by atoms with Crippen LogP contribution < -0.4 is 4.90 Å². The van der Waals surface area contributed by atoms with Crippen molar-refractivity contribution < 1.29 is 23.8 Å². The molecule has 1 atom stereocenters. The van der Waals surface area contributed by atoms with Crippen LogP contribution in [0.3, 0.4) is 0 Å². The summed E-state index contributed by atoms with van der Waals surface area (Å²) in [5.41, 5.74) is 1.54. The maximum Gasteiger partial charge on any atom is 0.332 e. The molecule has 4 nitrogen and oxygen atoms in total. The second-order valence-electron chi connectivity index (χ2n) is 5.07. The molecule has 1 fully saturated rings. The number of carboxylic acid groups (broad SMARTS) is 1. The van der Waals surface area contributed by atoms with Gasteiger partial charge in [0.05, 0.1) is 0 Å². The number of alkyl halides is 2. The van der Waals surface area contributed by atoms with Crippen molar-refractivity contribution in [1.82, 2.24) is 0 Å². The summed E-state index contributed by atoms with van der Waals surface area (Å²) in [4.78, 5) is 12.4. The number of halogens is 2. The van der Waals surface area contributed by atoms with Gasteiger partial charge in [0.25, 0.3) is 5.92 Å². The van der Waals surface area contributed by atoms with Gasteiger partial charge < -0.3 is 15.1 Å². The van der Waals surface area contributed by atoms with E-state index < -0.39 is 18.0 Å². The molecular weight excluding hydrogens is 268 g/mol. The molecule has 6 heteroatoms. The fourth-order valence-corrected chi connectivity index (χ4v) is 2.25. The molecule has 1 aliphatic rings. The Balaban J connectivity index is 1.97. The zero-order valence-electron chi connectivity index (χ0n) is 10.9. The molecule has 1 aromatic rings. The van der Waals surface area contributed by atoms with E-state index in [4.69, 9.17) is 5.11 Å². The number of benzene rings is 1. The second kappa shape index (κ2) is 5.75.